The van der Waals surface area contributed by atoms with Gasteiger partial charge in [-0.1, -0.05) is 23.7 Å². The molecule has 0 radical (unpaired) electrons. The van der Waals surface area contributed by atoms with Crippen LogP contribution in [0.15, 0.2) is 30.5 Å². The Kier molecular flexibility index (Phi) is 3.15. The van der Waals surface area contributed by atoms with Crippen LogP contribution in [0.1, 0.15) is 17.4 Å². The molecule has 1 heterocycles. The number of hydrogen-bond acceptors (Lipinski definition) is 2. The number of halogens is 1. The molecular formula is C12H11ClN2O2. The van der Waals surface area contributed by atoms with Gasteiger partial charge in [0.2, 0.25) is 0 Å². The van der Waals surface area contributed by atoms with Gasteiger partial charge in [-0.3, -0.25) is 0 Å². The van der Waals surface area contributed by atoms with Crippen molar-refractivity contribution >= 4 is 17.6 Å². The summed E-state index contributed by atoms with van der Waals surface area (Å²) in [6.07, 6.45) is 1.51. The van der Waals surface area contributed by atoms with E-state index in [2.05, 4.69) is 4.98 Å². The second-order valence-corrected chi connectivity index (χ2v) is 3.93. The van der Waals surface area contributed by atoms with Crippen LogP contribution in [0.25, 0.3) is 11.4 Å². The Morgan fingerprint density at radius 3 is 2.76 bits per heavy atom. The van der Waals surface area contributed by atoms with Crippen LogP contribution in [0.3, 0.4) is 0 Å². The molecule has 88 valence electrons. The lowest BCUT2D eigenvalue weighted by Gasteiger charge is -2.05. The largest absolute Gasteiger partial charge is 0.476 e. The zero-order valence-electron chi connectivity index (χ0n) is 9.22. The van der Waals surface area contributed by atoms with Crippen LogP contribution in [0.2, 0.25) is 5.02 Å². The fourth-order valence-corrected chi connectivity index (χ4v) is 1.84. The standard InChI is InChI=1S/C12H11ClN2O2/c1-2-15-7-10(12(16)17)14-11(15)8-5-3-4-6-9(8)13/h3-7H,2H2,1H3,(H,16,17). The van der Waals surface area contributed by atoms with Crippen molar-refractivity contribution in [2.75, 3.05) is 0 Å². The number of aryl methyl sites for hydroxylation is 1. The molecule has 0 aliphatic carbocycles. The summed E-state index contributed by atoms with van der Waals surface area (Å²) in [6, 6.07) is 7.24. The Labute approximate surface area is 103 Å². The first-order valence-corrected chi connectivity index (χ1v) is 5.56. The normalized spacial score (nSPS) is 10.5. The summed E-state index contributed by atoms with van der Waals surface area (Å²) in [4.78, 5) is 15.0. The van der Waals surface area contributed by atoms with Gasteiger partial charge in [0.1, 0.15) is 5.82 Å². The number of benzene rings is 1. The smallest absolute Gasteiger partial charge is 0.356 e. The maximum absolute atomic E-state index is 10.9. The van der Waals surface area contributed by atoms with Gasteiger partial charge in [0, 0.05) is 18.3 Å². The van der Waals surface area contributed by atoms with Crippen molar-refractivity contribution in [3.63, 3.8) is 0 Å². The number of aromatic nitrogens is 2. The Bertz CT molecular complexity index is 563. The number of hydrogen-bond donors (Lipinski definition) is 1. The zero-order chi connectivity index (χ0) is 12.4. The van der Waals surface area contributed by atoms with E-state index < -0.39 is 5.97 Å². The predicted molar refractivity (Wildman–Crippen MR) is 65.3 cm³/mol. The quantitative estimate of drug-likeness (QED) is 0.911. The summed E-state index contributed by atoms with van der Waals surface area (Å²) in [7, 11) is 0. The molecule has 0 unspecified atom stereocenters. The van der Waals surface area contributed by atoms with E-state index in [0.29, 0.717) is 17.4 Å². The minimum Gasteiger partial charge on any atom is -0.476 e. The van der Waals surface area contributed by atoms with Gasteiger partial charge in [0.25, 0.3) is 0 Å². The van der Waals surface area contributed by atoms with Crippen LogP contribution in [-0.2, 0) is 6.54 Å². The highest BCUT2D eigenvalue weighted by Gasteiger charge is 2.15. The van der Waals surface area contributed by atoms with Crippen molar-refractivity contribution in [2.24, 2.45) is 0 Å². The van der Waals surface area contributed by atoms with E-state index in [4.69, 9.17) is 16.7 Å². The molecule has 2 aromatic rings. The summed E-state index contributed by atoms with van der Waals surface area (Å²) in [5, 5.41) is 9.49. The number of carbonyl (C=O) groups is 1. The summed E-state index contributed by atoms with van der Waals surface area (Å²) in [6.45, 7) is 2.56. The van der Waals surface area contributed by atoms with E-state index in [9.17, 15) is 4.79 Å². The molecule has 0 aliphatic rings. The lowest BCUT2D eigenvalue weighted by atomic mass is 10.2. The van der Waals surface area contributed by atoms with Crippen molar-refractivity contribution < 1.29 is 9.90 Å². The van der Waals surface area contributed by atoms with E-state index in [0.717, 1.165) is 5.56 Å². The van der Waals surface area contributed by atoms with Crippen LogP contribution >= 0.6 is 11.6 Å². The van der Waals surface area contributed by atoms with Gasteiger partial charge in [-0.05, 0) is 19.1 Å². The van der Waals surface area contributed by atoms with Gasteiger partial charge < -0.3 is 9.67 Å². The average molecular weight is 251 g/mol. The second-order valence-electron chi connectivity index (χ2n) is 3.52. The van der Waals surface area contributed by atoms with Gasteiger partial charge in [-0.2, -0.15) is 0 Å². The maximum Gasteiger partial charge on any atom is 0.356 e. The minimum atomic E-state index is -1.04. The number of carboxylic acid groups (broad SMARTS) is 1. The van der Waals surface area contributed by atoms with Crippen molar-refractivity contribution in [1.82, 2.24) is 9.55 Å². The summed E-state index contributed by atoms with van der Waals surface area (Å²) >= 11 is 6.08. The molecule has 0 bridgehead atoms. The topological polar surface area (TPSA) is 55.1 Å². The lowest BCUT2D eigenvalue weighted by molar-refractivity contribution is 0.0691. The third-order valence-corrected chi connectivity index (χ3v) is 2.78. The fourth-order valence-electron chi connectivity index (χ4n) is 1.62. The van der Waals surface area contributed by atoms with E-state index in [1.165, 1.54) is 6.20 Å². The maximum atomic E-state index is 10.9. The molecule has 1 N–H and O–H groups in total. The molecule has 0 aliphatic heterocycles. The van der Waals surface area contributed by atoms with E-state index in [-0.39, 0.29) is 5.69 Å². The van der Waals surface area contributed by atoms with Gasteiger partial charge in [-0.25, -0.2) is 9.78 Å². The lowest BCUT2D eigenvalue weighted by Crippen LogP contribution is -1.96. The zero-order valence-corrected chi connectivity index (χ0v) is 9.98. The summed E-state index contributed by atoms with van der Waals surface area (Å²) in [5.41, 5.74) is 0.769. The Morgan fingerprint density at radius 2 is 2.18 bits per heavy atom. The molecule has 0 fully saturated rings. The number of rotatable bonds is 3. The number of nitrogens with zero attached hydrogens (tertiary/aromatic N) is 2. The first kappa shape index (κ1) is 11.7. The Balaban J connectivity index is 2.59. The van der Waals surface area contributed by atoms with E-state index >= 15 is 0 Å². The fraction of sp³-hybridized carbons (Fsp3) is 0.167. The van der Waals surface area contributed by atoms with Crippen molar-refractivity contribution in [3.05, 3.63) is 41.2 Å². The Hall–Kier alpha value is -1.81. The van der Waals surface area contributed by atoms with E-state index in [1.807, 2.05) is 25.1 Å². The van der Waals surface area contributed by atoms with Gasteiger partial charge in [-0.15, -0.1) is 0 Å². The first-order valence-electron chi connectivity index (χ1n) is 5.19. The number of carboxylic acids is 1. The van der Waals surface area contributed by atoms with Crippen LogP contribution in [0, 0.1) is 0 Å². The molecule has 5 heteroatoms. The number of imidazole rings is 1. The highest BCUT2D eigenvalue weighted by atomic mass is 35.5. The highest BCUT2D eigenvalue weighted by molar-refractivity contribution is 6.33. The molecular weight excluding hydrogens is 240 g/mol. The van der Waals surface area contributed by atoms with E-state index in [1.54, 1.807) is 10.6 Å². The van der Waals surface area contributed by atoms with Gasteiger partial charge in [0.15, 0.2) is 5.69 Å². The highest BCUT2D eigenvalue weighted by Crippen LogP contribution is 2.26. The molecule has 0 atom stereocenters. The van der Waals surface area contributed by atoms with Crippen molar-refractivity contribution in [3.8, 4) is 11.4 Å². The molecule has 4 nitrogen and oxygen atoms in total. The second kappa shape index (κ2) is 4.59. The molecule has 17 heavy (non-hydrogen) atoms. The van der Waals surface area contributed by atoms with Crippen molar-refractivity contribution in [2.45, 2.75) is 13.5 Å². The minimum absolute atomic E-state index is 0.0294. The summed E-state index contributed by atoms with van der Waals surface area (Å²) < 4.78 is 1.77. The van der Waals surface area contributed by atoms with Gasteiger partial charge in [0.05, 0.1) is 5.02 Å². The van der Waals surface area contributed by atoms with Crippen LogP contribution in [-0.4, -0.2) is 20.6 Å². The monoisotopic (exact) mass is 250 g/mol. The molecule has 2 rings (SSSR count). The average Bonchev–Trinajstić information content (AvgIpc) is 2.73. The van der Waals surface area contributed by atoms with Gasteiger partial charge >= 0.3 is 5.97 Å². The Morgan fingerprint density at radius 1 is 1.47 bits per heavy atom. The van der Waals surface area contributed by atoms with Crippen molar-refractivity contribution in [1.29, 1.82) is 0 Å². The van der Waals surface area contributed by atoms with Crippen LogP contribution in [0.5, 0.6) is 0 Å². The summed E-state index contributed by atoms with van der Waals surface area (Å²) in [5.74, 6) is -0.457. The predicted octanol–water partition coefficient (Wildman–Crippen LogP) is 2.92. The SMILES string of the molecule is CCn1cc(C(=O)O)nc1-c1ccccc1Cl. The molecule has 0 amide bonds. The molecule has 0 saturated heterocycles. The molecule has 1 aromatic carbocycles. The molecule has 0 spiro atoms. The third kappa shape index (κ3) is 2.17. The van der Waals surface area contributed by atoms with Crippen LogP contribution < -0.4 is 0 Å². The molecule has 0 saturated carbocycles. The third-order valence-electron chi connectivity index (χ3n) is 2.45. The molecule has 1 aromatic heterocycles. The number of aromatic carboxylic acids is 1. The first-order chi connectivity index (χ1) is 8.13. The van der Waals surface area contributed by atoms with Crippen LogP contribution in [0.4, 0.5) is 0 Å².